The predicted octanol–water partition coefficient (Wildman–Crippen LogP) is 3.16. The van der Waals surface area contributed by atoms with Gasteiger partial charge < -0.3 is 0 Å². The fraction of sp³-hybridized carbons (Fsp3) is 0.600. The maximum atomic E-state index is 13.4. The number of rotatable bonds is 5. The molecule has 0 unspecified atom stereocenters. The van der Waals surface area contributed by atoms with Crippen LogP contribution in [0.1, 0.15) is 57.1 Å². The Bertz CT molecular complexity index is 880. The quantitative estimate of drug-likeness (QED) is 0.769. The van der Waals surface area contributed by atoms with Gasteiger partial charge in [0.15, 0.2) is 0 Å². The van der Waals surface area contributed by atoms with Gasteiger partial charge in [0.05, 0.1) is 5.69 Å². The Morgan fingerprint density at radius 3 is 2.54 bits per heavy atom. The molecule has 2 aliphatic rings. The molecule has 0 N–H and O–H groups in total. The molecule has 2 heterocycles. The van der Waals surface area contributed by atoms with Crippen molar-refractivity contribution in [3.63, 3.8) is 0 Å². The summed E-state index contributed by atoms with van der Waals surface area (Å²) in [5.41, 5.74) is 1.87. The molecule has 1 saturated carbocycles. The number of nitrogens with zero attached hydrogens (tertiary/aromatic N) is 5. The largest absolute Gasteiger partial charge is 0.282 e. The first-order chi connectivity index (χ1) is 13.5. The van der Waals surface area contributed by atoms with Crippen molar-refractivity contribution in [2.45, 2.75) is 57.5 Å². The Labute approximate surface area is 167 Å². The van der Waals surface area contributed by atoms with E-state index in [0.29, 0.717) is 12.5 Å². The van der Waals surface area contributed by atoms with Crippen LogP contribution in [0.2, 0.25) is 0 Å². The maximum Gasteiger partial charge on any atom is 0.282 e. The first-order valence-electron chi connectivity index (χ1n) is 10.2. The Balaban J connectivity index is 1.53. The topological polar surface area (TPSA) is 71.3 Å². The summed E-state index contributed by atoms with van der Waals surface area (Å²) in [5, 5.41) is 4.13. The summed E-state index contributed by atoms with van der Waals surface area (Å²) in [7, 11) is -1.79. The normalized spacial score (nSPS) is 24.8. The summed E-state index contributed by atoms with van der Waals surface area (Å²) in [6.07, 6.45) is 9.81. The highest BCUT2D eigenvalue weighted by Crippen LogP contribution is 2.38. The van der Waals surface area contributed by atoms with Crippen LogP contribution >= 0.6 is 0 Å². The van der Waals surface area contributed by atoms with Crippen molar-refractivity contribution >= 4 is 10.2 Å². The van der Waals surface area contributed by atoms with Crippen molar-refractivity contribution in [2.75, 3.05) is 13.6 Å². The molecule has 0 amide bonds. The fourth-order valence-corrected chi connectivity index (χ4v) is 6.52. The summed E-state index contributed by atoms with van der Waals surface area (Å²) in [6.45, 7) is 2.59. The molecule has 1 aromatic heterocycles. The lowest BCUT2D eigenvalue weighted by atomic mass is 9.79. The average molecular weight is 404 g/mol. The van der Waals surface area contributed by atoms with Crippen LogP contribution in [0.15, 0.2) is 36.9 Å². The summed E-state index contributed by atoms with van der Waals surface area (Å²) < 4.78 is 31.9. The fourth-order valence-electron chi connectivity index (χ4n) is 4.69. The third-order valence-electron chi connectivity index (χ3n) is 6.46. The molecule has 0 bridgehead atoms. The van der Waals surface area contributed by atoms with Gasteiger partial charge in [0.1, 0.15) is 12.7 Å². The van der Waals surface area contributed by atoms with Gasteiger partial charge in [-0.25, -0.2) is 9.67 Å². The minimum atomic E-state index is -3.49. The van der Waals surface area contributed by atoms with Crippen LogP contribution in [-0.2, 0) is 10.2 Å². The van der Waals surface area contributed by atoms with Crippen LogP contribution < -0.4 is 0 Å². The van der Waals surface area contributed by atoms with Gasteiger partial charge in [-0.05, 0) is 56.2 Å². The minimum absolute atomic E-state index is 0.178. The van der Waals surface area contributed by atoms with E-state index >= 15 is 0 Å². The van der Waals surface area contributed by atoms with E-state index in [2.05, 4.69) is 10.1 Å². The van der Waals surface area contributed by atoms with Gasteiger partial charge in [-0.15, -0.1) is 0 Å². The average Bonchev–Trinajstić information content (AvgIpc) is 3.27. The lowest BCUT2D eigenvalue weighted by Gasteiger charge is -2.44. The first-order valence-corrected chi connectivity index (χ1v) is 11.6. The molecule has 28 heavy (non-hydrogen) atoms. The van der Waals surface area contributed by atoms with E-state index in [1.165, 1.54) is 29.9 Å². The summed E-state index contributed by atoms with van der Waals surface area (Å²) in [4.78, 5) is 3.96. The van der Waals surface area contributed by atoms with Gasteiger partial charge in [-0.1, -0.05) is 25.0 Å². The second-order valence-corrected chi connectivity index (χ2v) is 9.94. The lowest BCUT2D eigenvalue weighted by Crippen LogP contribution is -2.53. The van der Waals surface area contributed by atoms with Crippen LogP contribution in [0.25, 0.3) is 5.69 Å². The van der Waals surface area contributed by atoms with Crippen LogP contribution in [0, 0.1) is 5.92 Å². The maximum absolute atomic E-state index is 13.4. The monoisotopic (exact) mass is 403 g/mol. The molecule has 4 rings (SSSR count). The van der Waals surface area contributed by atoms with Crippen LogP contribution in [0.5, 0.6) is 0 Å². The number of hydrogen-bond acceptors (Lipinski definition) is 4. The molecule has 7 nitrogen and oxygen atoms in total. The van der Waals surface area contributed by atoms with Crippen LogP contribution in [0.3, 0.4) is 0 Å². The number of piperidine rings is 1. The molecule has 152 valence electrons. The Morgan fingerprint density at radius 1 is 1.11 bits per heavy atom. The van der Waals surface area contributed by atoms with Gasteiger partial charge in [0, 0.05) is 25.7 Å². The van der Waals surface area contributed by atoms with Crippen molar-refractivity contribution < 1.29 is 8.42 Å². The van der Waals surface area contributed by atoms with Crippen molar-refractivity contribution in [2.24, 2.45) is 5.92 Å². The highest BCUT2D eigenvalue weighted by Gasteiger charge is 2.41. The molecule has 1 aliphatic carbocycles. The molecule has 3 atom stereocenters. The Morgan fingerprint density at radius 2 is 1.82 bits per heavy atom. The zero-order valence-electron chi connectivity index (χ0n) is 16.6. The zero-order valence-corrected chi connectivity index (χ0v) is 17.4. The highest BCUT2D eigenvalue weighted by molar-refractivity contribution is 7.86. The van der Waals surface area contributed by atoms with Crippen molar-refractivity contribution in [1.82, 2.24) is 23.4 Å². The number of hydrogen-bond donors (Lipinski definition) is 0. The van der Waals surface area contributed by atoms with E-state index in [4.69, 9.17) is 0 Å². The predicted molar refractivity (Wildman–Crippen MR) is 108 cm³/mol. The molecule has 1 saturated heterocycles. The molecule has 0 radical (unpaired) electrons. The minimum Gasteiger partial charge on any atom is -0.223 e. The van der Waals surface area contributed by atoms with Gasteiger partial charge in [0.2, 0.25) is 0 Å². The third kappa shape index (κ3) is 3.60. The molecule has 8 heteroatoms. The van der Waals surface area contributed by atoms with Gasteiger partial charge in [0.25, 0.3) is 10.2 Å². The first kappa shape index (κ1) is 19.5. The van der Waals surface area contributed by atoms with Gasteiger partial charge in [-0.3, -0.25) is 0 Å². The second kappa shape index (κ2) is 7.93. The van der Waals surface area contributed by atoms with Crippen molar-refractivity contribution in [3.05, 3.63) is 42.5 Å². The second-order valence-electron chi connectivity index (χ2n) is 8.00. The Hall–Kier alpha value is -1.77. The molecule has 0 spiro atoms. The standard InChI is InChI=1S/C20H29N5O2S/c1-16(17-9-11-19(12-10-17)24-15-21-14-22-24)23(2)28(26,27)25-13-5-7-18-6-3-4-8-20(18)25/h9-12,14-16,18,20H,3-8,13H2,1-2H3/t16-,18+,20-/m1/s1. The summed E-state index contributed by atoms with van der Waals surface area (Å²) >= 11 is 0. The van der Waals surface area contributed by atoms with E-state index < -0.39 is 10.2 Å². The van der Waals surface area contributed by atoms with Crippen molar-refractivity contribution in [1.29, 1.82) is 0 Å². The molecule has 2 fully saturated rings. The van der Waals surface area contributed by atoms with Crippen molar-refractivity contribution in [3.8, 4) is 5.69 Å². The SMILES string of the molecule is C[C@H](c1ccc(-n2cncn2)cc1)N(C)S(=O)(=O)N1CCC[C@@H]2CCCC[C@H]21. The highest BCUT2D eigenvalue weighted by atomic mass is 32.2. The van der Waals surface area contributed by atoms with E-state index in [-0.39, 0.29) is 12.1 Å². The number of benzene rings is 1. The number of fused-ring (bicyclic) bond motifs is 1. The zero-order chi connectivity index (χ0) is 19.7. The third-order valence-corrected chi connectivity index (χ3v) is 8.55. The van der Waals surface area contributed by atoms with E-state index in [1.54, 1.807) is 22.4 Å². The number of aromatic nitrogens is 3. The smallest absolute Gasteiger partial charge is 0.223 e. The van der Waals surface area contributed by atoms with Crippen LogP contribution in [-0.4, -0.2) is 51.4 Å². The Kier molecular flexibility index (Phi) is 5.53. The van der Waals surface area contributed by atoms with Gasteiger partial charge >= 0.3 is 0 Å². The molecular formula is C20H29N5O2S. The molecule has 1 aliphatic heterocycles. The van der Waals surface area contributed by atoms with E-state index in [1.807, 2.05) is 31.2 Å². The van der Waals surface area contributed by atoms with Crippen LogP contribution in [0.4, 0.5) is 0 Å². The lowest BCUT2D eigenvalue weighted by molar-refractivity contribution is 0.121. The van der Waals surface area contributed by atoms with E-state index in [0.717, 1.165) is 30.5 Å². The van der Waals surface area contributed by atoms with Gasteiger partial charge in [-0.2, -0.15) is 22.1 Å². The van der Waals surface area contributed by atoms with E-state index in [9.17, 15) is 8.42 Å². The summed E-state index contributed by atoms with van der Waals surface area (Å²) in [5.74, 6) is 0.531. The molecule has 2 aromatic rings. The molecule has 1 aromatic carbocycles. The molecular weight excluding hydrogens is 374 g/mol. The summed E-state index contributed by atoms with van der Waals surface area (Å²) in [6, 6.07) is 7.76.